The Balaban J connectivity index is 2.29. The molecule has 0 saturated heterocycles. The van der Waals surface area contributed by atoms with Crippen molar-refractivity contribution < 1.29 is 0 Å². The molecule has 0 unspecified atom stereocenters. The first-order chi connectivity index (χ1) is 8.76. The van der Waals surface area contributed by atoms with E-state index >= 15 is 0 Å². The maximum atomic E-state index is 4.72. The molecular formula is C14H29N3S. The molecule has 1 rings (SSSR count). The minimum absolute atomic E-state index is 0.803. The van der Waals surface area contributed by atoms with Crippen molar-refractivity contribution in [3.05, 3.63) is 0 Å². The Morgan fingerprint density at radius 3 is 2.56 bits per heavy atom. The van der Waals surface area contributed by atoms with Crippen molar-refractivity contribution in [2.75, 3.05) is 31.6 Å². The maximum Gasteiger partial charge on any atom is 0.191 e. The highest BCUT2D eigenvalue weighted by atomic mass is 32.2. The van der Waals surface area contributed by atoms with E-state index in [9.17, 15) is 0 Å². The molecule has 0 radical (unpaired) electrons. The SMILES string of the molecule is CCNC(=NCC1CCC(C)CC1)NCCSC. The van der Waals surface area contributed by atoms with Crippen LogP contribution in [0.1, 0.15) is 39.5 Å². The van der Waals surface area contributed by atoms with Gasteiger partial charge >= 0.3 is 0 Å². The molecule has 0 spiro atoms. The number of thioether (sulfide) groups is 1. The van der Waals surface area contributed by atoms with Crippen LogP contribution in [0, 0.1) is 11.8 Å². The first-order valence-electron chi connectivity index (χ1n) is 7.27. The summed E-state index contributed by atoms with van der Waals surface area (Å²) >= 11 is 1.86. The van der Waals surface area contributed by atoms with Gasteiger partial charge in [-0.05, 0) is 37.9 Å². The highest BCUT2D eigenvalue weighted by Gasteiger charge is 2.17. The Bertz CT molecular complexity index is 235. The highest BCUT2D eigenvalue weighted by molar-refractivity contribution is 7.98. The first kappa shape index (κ1) is 15.7. The minimum atomic E-state index is 0.803. The Hall–Kier alpha value is -0.380. The molecule has 1 aliphatic carbocycles. The summed E-state index contributed by atoms with van der Waals surface area (Å²) in [7, 11) is 0. The van der Waals surface area contributed by atoms with Gasteiger partial charge in [0.25, 0.3) is 0 Å². The fraction of sp³-hybridized carbons (Fsp3) is 0.929. The summed E-state index contributed by atoms with van der Waals surface area (Å²) in [5, 5.41) is 6.71. The Kier molecular flexibility index (Phi) is 8.31. The molecule has 0 atom stereocenters. The van der Waals surface area contributed by atoms with E-state index in [4.69, 9.17) is 4.99 Å². The molecule has 0 aliphatic heterocycles. The lowest BCUT2D eigenvalue weighted by molar-refractivity contribution is 0.296. The van der Waals surface area contributed by atoms with Gasteiger partial charge in [0.2, 0.25) is 0 Å². The van der Waals surface area contributed by atoms with Gasteiger partial charge in [-0.1, -0.05) is 19.8 Å². The predicted octanol–water partition coefficient (Wildman–Crippen LogP) is 2.73. The average Bonchev–Trinajstić information content (AvgIpc) is 2.38. The third-order valence-electron chi connectivity index (χ3n) is 3.59. The number of rotatable bonds is 6. The van der Waals surface area contributed by atoms with Gasteiger partial charge < -0.3 is 10.6 Å². The van der Waals surface area contributed by atoms with Gasteiger partial charge in [-0.3, -0.25) is 4.99 Å². The molecular weight excluding hydrogens is 242 g/mol. The van der Waals surface area contributed by atoms with Gasteiger partial charge in [-0.15, -0.1) is 0 Å². The fourth-order valence-electron chi connectivity index (χ4n) is 2.35. The number of nitrogens with one attached hydrogen (secondary N) is 2. The van der Waals surface area contributed by atoms with E-state index in [1.807, 2.05) is 11.8 Å². The van der Waals surface area contributed by atoms with Crippen LogP contribution in [-0.4, -0.2) is 37.6 Å². The molecule has 4 heteroatoms. The second-order valence-electron chi connectivity index (χ2n) is 5.27. The van der Waals surface area contributed by atoms with Crippen LogP contribution in [0.4, 0.5) is 0 Å². The van der Waals surface area contributed by atoms with E-state index in [-0.39, 0.29) is 0 Å². The van der Waals surface area contributed by atoms with Crippen LogP contribution >= 0.6 is 11.8 Å². The molecule has 0 aromatic carbocycles. The predicted molar refractivity (Wildman–Crippen MR) is 83.5 cm³/mol. The number of hydrogen-bond donors (Lipinski definition) is 2. The van der Waals surface area contributed by atoms with Crippen molar-refractivity contribution in [2.24, 2.45) is 16.8 Å². The molecule has 1 fully saturated rings. The highest BCUT2D eigenvalue weighted by Crippen LogP contribution is 2.28. The van der Waals surface area contributed by atoms with E-state index < -0.39 is 0 Å². The van der Waals surface area contributed by atoms with Crippen molar-refractivity contribution in [3.8, 4) is 0 Å². The molecule has 0 bridgehead atoms. The number of aliphatic imine (C=N–C) groups is 1. The molecule has 0 amide bonds. The summed E-state index contributed by atoms with van der Waals surface area (Å²) in [5.41, 5.74) is 0. The molecule has 0 aromatic heterocycles. The Morgan fingerprint density at radius 2 is 1.94 bits per heavy atom. The van der Waals surface area contributed by atoms with Gasteiger partial charge in [-0.25, -0.2) is 0 Å². The summed E-state index contributed by atoms with van der Waals surface area (Å²) < 4.78 is 0. The summed E-state index contributed by atoms with van der Waals surface area (Å²) in [4.78, 5) is 4.72. The van der Waals surface area contributed by atoms with E-state index in [2.05, 4.69) is 30.7 Å². The molecule has 0 heterocycles. The van der Waals surface area contributed by atoms with Gasteiger partial charge in [0.15, 0.2) is 5.96 Å². The van der Waals surface area contributed by atoms with E-state index in [1.54, 1.807) is 0 Å². The number of hydrogen-bond acceptors (Lipinski definition) is 2. The van der Waals surface area contributed by atoms with Gasteiger partial charge in [0, 0.05) is 25.4 Å². The second-order valence-corrected chi connectivity index (χ2v) is 6.25. The lowest BCUT2D eigenvalue weighted by Crippen LogP contribution is -2.38. The van der Waals surface area contributed by atoms with Crippen molar-refractivity contribution in [2.45, 2.75) is 39.5 Å². The van der Waals surface area contributed by atoms with Crippen molar-refractivity contribution in [1.82, 2.24) is 10.6 Å². The lowest BCUT2D eigenvalue weighted by Gasteiger charge is -2.25. The summed E-state index contributed by atoms with van der Waals surface area (Å²) in [5.74, 6) is 3.85. The minimum Gasteiger partial charge on any atom is -0.357 e. The smallest absolute Gasteiger partial charge is 0.191 e. The molecule has 18 heavy (non-hydrogen) atoms. The van der Waals surface area contributed by atoms with E-state index in [0.29, 0.717) is 0 Å². The van der Waals surface area contributed by atoms with Crippen molar-refractivity contribution >= 4 is 17.7 Å². The van der Waals surface area contributed by atoms with Crippen molar-refractivity contribution in [1.29, 1.82) is 0 Å². The zero-order valence-corrected chi connectivity index (χ0v) is 13.0. The van der Waals surface area contributed by atoms with Gasteiger partial charge in [-0.2, -0.15) is 11.8 Å². The van der Waals surface area contributed by atoms with Gasteiger partial charge in [0.05, 0.1) is 0 Å². The maximum absolute atomic E-state index is 4.72. The molecule has 3 nitrogen and oxygen atoms in total. The quantitative estimate of drug-likeness (QED) is 0.443. The third kappa shape index (κ3) is 6.53. The zero-order chi connectivity index (χ0) is 13.2. The van der Waals surface area contributed by atoms with Crippen LogP contribution in [0.3, 0.4) is 0 Å². The lowest BCUT2D eigenvalue weighted by atomic mass is 9.83. The normalized spacial score (nSPS) is 24.9. The summed E-state index contributed by atoms with van der Waals surface area (Å²) in [6.07, 6.45) is 7.62. The third-order valence-corrected chi connectivity index (χ3v) is 4.20. The summed E-state index contributed by atoms with van der Waals surface area (Å²) in [6.45, 7) is 7.41. The van der Waals surface area contributed by atoms with Crippen LogP contribution in [-0.2, 0) is 0 Å². The van der Waals surface area contributed by atoms with Crippen LogP contribution in [0.25, 0.3) is 0 Å². The topological polar surface area (TPSA) is 36.4 Å². The zero-order valence-electron chi connectivity index (χ0n) is 12.2. The molecule has 1 saturated carbocycles. The fourth-order valence-corrected chi connectivity index (χ4v) is 2.65. The molecule has 2 N–H and O–H groups in total. The van der Waals surface area contributed by atoms with Gasteiger partial charge in [0.1, 0.15) is 0 Å². The van der Waals surface area contributed by atoms with Crippen LogP contribution in [0.5, 0.6) is 0 Å². The average molecular weight is 271 g/mol. The Labute approximate surface area is 117 Å². The number of nitrogens with zero attached hydrogens (tertiary/aromatic N) is 1. The molecule has 106 valence electrons. The molecule has 0 aromatic rings. The van der Waals surface area contributed by atoms with Crippen LogP contribution < -0.4 is 10.6 Å². The van der Waals surface area contributed by atoms with Crippen LogP contribution in [0.15, 0.2) is 4.99 Å². The summed E-state index contributed by atoms with van der Waals surface area (Å²) in [6, 6.07) is 0. The Morgan fingerprint density at radius 1 is 1.22 bits per heavy atom. The van der Waals surface area contributed by atoms with E-state index in [0.717, 1.165) is 43.2 Å². The standard InChI is InChI=1S/C14H29N3S/c1-4-15-14(16-9-10-18-3)17-11-13-7-5-12(2)6-8-13/h12-13H,4-11H2,1-3H3,(H2,15,16,17). The van der Waals surface area contributed by atoms with E-state index in [1.165, 1.54) is 25.7 Å². The largest absolute Gasteiger partial charge is 0.357 e. The number of guanidine groups is 1. The van der Waals surface area contributed by atoms with Crippen LogP contribution in [0.2, 0.25) is 0 Å². The second kappa shape index (κ2) is 9.54. The molecule has 1 aliphatic rings. The monoisotopic (exact) mass is 271 g/mol. The van der Waals surface area contributed by atoms with Crippen molar-refractivity contribution in [3.63, 3.8) is 0 Å². The first-order valence-corrected chi connectivity index (χ1v) is 8.66.